The van der Waals surface area contributed by atoms with Crippen LogP contribution in [0.15, 0.2) is 24.8 Å². The second-order valence-electron chi connectivity index (χ2n) is 3.93. The first-order valence-corrected chi connectivity index (χ1v) is 5.17. The molecule has 0 saturated heterocycles. The van der Waals surface area contributed by atoms with Crippen LogP contribution in [0.5, 0.6) is 0 Å². The Labute approximate surface area is 93.3 Å². The van der Waals surface area contributed by atoms with Crippen LogP contribution in [-0.4, -0.2) is 0 Å². The third kappa shape index (κ3) is 1.90. The van der Waals surface area contributed by atoms with Gasteiger partial charge in [-0.25, -0.2) is 0 Å². The average Bonchev–Trinajstić information content (AvgIpc) is 2.53. The fourth-order valence-corrected chi connectivity index (χ4v) is 2.19. The Morgan fingerprint density at radius 1 is 1.27 bits per heavy atom. The molecule has 1 aliphatic carbocycles. The predicted octanol–water partition coefficient (Wildman–Crippen LogP) is 4.62. The van der Waals surface area contributed by atoms with Crippen LogP contribution in [0.3, 0.4) is 0 Å². The molecule has 0 unspecified atom stereocenters. The third-order valence-corrected chi connectivity index (χ3v) is 2.93. The van der Waals surface area contributed by atoms with Crippen molar-refractivity contribution in [1.82, 2.24) is 0 Å². The van der Waals surface area contributed by atoms with Crippen molar-refractivity contribution in [2.75, 3.05) is 0 Å². The average molecular weight is 200 g/mol. The lowest BCUT2D eigenvalue weighted by molar-refractivity contribution is 1.08. The summed E-state index contributed by atoms with van der Waals surface area (Å²) in [5.74, 6) is 0. The minimum Gasteiger partial charge on any atom is -0.0952 e. The molecule has 0 fully saturated rings. The van der Waals surface area contributed by atoms with Crippen molar-refractivity contribution >= 4 is 11.6 Å². The highest BCUT2D eigenvalue weighted by Gasteiger charge is 2.17. The van der Waals surface area contributed by atoms with E-state index in [0.717, 1.165) is 6.42 Å². The van der Waals surface area contributed by atoms with Gasteiger partial charge in [0.2, 0.25) is 0 Å². The van der Waals surface area contributed by atoms with Gasteiger partial charge in [0.1, 0.15) is 0 Å². The summed E-state index contributed by atoms with van der Waals surface area (Å²) in [7, 11) is 0. The molecule has 0 N–H and O–H groups in total. The lowest BCUT2D eigenvalue weighted by atomic mass is 9.96. The number of benzene rings is 1. The van der Waals surface area contributed by atoms with E-state index in [1.807, 2.05) is 0 Å². The van der Waals surface area contributed by atoms with Crippen molar-refractivity contribution in [3.63, 3.8) is 0 Å². The molecular formula is C15H20. The van der Waals surface area contributed by atoms with Crippen LogP contribution in [0.2, 0.25) is 0 Å². The maximum atomic E-state index is 4.15. The lowest BCUT2D eigenvalue weighted by Crippen LogP contribution is -1.90. The molecule has 0 heteroatoms. The Kier molecular flexibility index (Phi) is 3.52. The van der Waals surface area contributed by atoms with E-state index >= 15 is 0 Å². The van der Waals surface area contributed by atoms with Gasteiger partial charge in [-0.05, 0) is 54.5 Å². The summed E-state index contributed by atoms with van der Waals surface area (Å²) in [6, 6.07) is 4.46. The standard InChI is InChI=1S/C14H16.CH4/c1-4-5-13-10(2)6-8-12-9-7-11(3)14(12)13;/h4-6,8H,3,7,9H2,1-2H3;1H4/b5-4-;. The number of fused-ring (bicyclic) bond motifs is 1. The molecule has 1 aliphatic rings. The van der Waals surface area contributed by atoms with E-state index in [1.165, 1.54) is 34.2 Å². The van der Waals surface area contributed by atoms with Gasteiger partial charge in [-0.15, -0.1) is 0 Å². The summed E-state index contributed by atoms with van der Waals surface area (Å²) in [6.45, 7) is 8.38. The van der Waals surface area contributed by atoms with E-state index < -0.39 is 0 Å². The van der Waals surface area contributed by atoms with E-state index in [9.17, 15) is 0 Å². The van der Waals surface area contributed by atoms with Crippen LogP contribution < -0.4 is 0 Å². The zero-order chi connectivity index (χ0) is 10.1. The fraction of sp³-hybridized carbons (Fsp3) is 0.333. The Hall–Kier alpha value is -1.30. The minimum atomic E-state index is 0. The summed E-state index contributed by atoms with van der Waals surface area (Å²) >= 11 is 0. The van der Waals surface area contributed by atoms with E-state index in [-0.39, 0.29) is 7.43 Å². The van der Waals surface area contributed by atoms with Crippen LogP contribution in [0.25, 0.3) is 11.6 Å². The Balaban J connectivity index is 0.00000112. The fourth-order valence-electron chi connectivity index (χ4n) is 2.19. The van der Waals surface area contributed by atoms with E-state index in [4.69, 9.17) is 0 Å². The minimum absolute atomic E-state index is 0. The maximum absolute atomic E-state index is 4.15. The number of allylic oxidation sites excluding steroid dienone is 2. The van der Waals surface area contributed by atoms with Crippen LogP contribution in [0.4, 0.5) is 0 Å². The summed E-state index contributed by atoms with van der Waals surface area (Å²) in [5, 5.41) is 0. The van der Waals surface area contributed by atoms with Crippen molar-refractivity contribution in [1.29, 1.82) is 0 Å². The SMILES string of the molecule is C.C=C1CCc2ccc(C)c(/C=C\C)c21. The first-order valence-electron chi connectivity index (χ1n) is 5.17. The number of hydrogen-bond donors (Lipinski definition) is 0. The van der Waals surface area contributed by atoms with Crippen molar-refractivity contribution in [3.8, 4) is 0 Å². The highest BCUT2D eigenvalue weighted by molar-refractivity contribution is 5.79. The molecule has 0 spiro atoms. The topological polar surface area (TPSA) is 0 Å². The number of hydrogen-bond acceptors (Lipinski definition) is 0. The van der Waals surface area contributed by atoms with Gasteiger partial charge >= 0.3 is 0 Å². The first kappa shape index (κ1) is 11.8. The van der Waals surface area contributed by atoms with Gasteiger partial charge in [-0.2, -0.15) is 0 Å². The number of aryl methyl sites for hydroxylation is 2. The van der Waals surface area contributed by atoms with Crippen LogP contribution in [0.1, 0.15) is 43.0 Å². The highest BCUT2D eigenvalue weighted by Crippen LogP contribution is 2.35. The summed E-state index contributed by atoms with van der Waals surface area (Å²) in [5.41, 5.74) is 6.89. The molecule has 0 radical (unpaired) electrons. The molecule has 0 heterocycles. The summed E-state index contributed by atoms with van der Waals surface area (Å²) in [6.07, 6.45) is 6.60. The molecule has 0 aromatic heterocycles. The van der Waals surface area contributed by atoms with E-state index in [0.29, 0.717) is 0 Å². The van der Waals surface area contributed by atoms with Gasteiger partial charge in [-0.1, -0.05) is 38.3 Å². The van der Waals surface area contributed by atoms with Gasteiger partial charge in [0.15, 0.2) is 0 Å². The van der Waals surface area contributed by atoms with Gasteiger partial charge < -0.3 is 0 Å². The van der Waals surface area contributed by atoms with Crippen LogP contribution in [-0.2, 0) is 6.42 Å². The Morgan fingerprint density at radius 3 is 2.67 bits per heavy atom. The van der Waals surface area contributed by atoms with Crippen molar-refractivity contribution in [3.05, 3.63) is 47.0 Å². The summed E-state index contributed by atoms with van der Waals surface area (Å²) in [4.78, 5) is 0. The predicted molar refractivity (Wildman–Crippen MR) is 70.0 cm³/mol. The molecule has 80 valence electrons. The molecule has 0 amide bonds. The molecule has 1 aromatic carbocycles. The largest absolute Gasteiger partial charge is 0.0952 e. The first-order chi connectivity index (χ1) is 6.74. The van der Waals surface area contributed by atoms with Crippen molar-refractivity contribution in [2.24, 2.45) is 0 Å². The van der Waals surface area contributed by atoms with E-state index in [1.54, 1.807) is 0 Å². The smallest absolute Gasteiger partial charge is 0.0123 e. The van der Waals surface area contributed by atoms with Crippen LogP contribution >= 0.6 is 0 Å². The normalized spacial score (nSPS) is 14.1. The zero-order valence-electron chi connectivity index (χ0n) is 8.93. The van der Waals surface area contributed by atoms with E-state index in [2.05, 4.69) is 44.7 Å². The molecule has 0 bridgehead atoms. The molecule has 0 saturated carbocycles. The van der Waals surface area contributed by atoms with Crippen molar-refractivity contribution in [2.45, 2.75) is 34.1 Å². The maximum Gasteiger partial charge on any atom is -0.0123 e. The highest BCUT2D eigenvalue weighted by atomic mass is 14.2. The van der Waals surface area contributed by atoms with Gasteiger partial charge in [0, 0.05) is 0 Å². The zero-order valence-corrected chi connectivity index (χ0v) is 8.93. The summed E-state index contributed by atoms with van der Waals surface area (Å²) < 4.78 is 0. The molecule has 0 nitrogen and oxygen atoms in total. The quantitative estimate of drug-likeness (QED) is 0.620. The van der Waals surface area contributed by atoms with Crippen LogP contribution in [0, 0.1) is 6.92 Å². The van der Waals surface area contributed by atoms with Gasteiger partial charge in [-0.3, -0.25) is 0 Å². The monoisotopic (exact) mass is 200 g/mol. The Bertz CT molecular complexity index is 408. The van der Waals surface area contributed by atoms with Gasteiger partial charge in [0.05, 0.1) is 0 Å². The molecule has 15 heavy (non-hydrogen) atoms. The molecular weight excluding hydrogens is 180 g/mol. The third-order valence-electron chi connectivity index (χ3n) is 2.93. The molecule has 1 aromatic rings. The molecule has 0 atom stereocenters. The van der Waals surface area contributed by atoms with Gasteiger partial charge in [0.25, 0.3) is 0 Å². The van der Waals surface area contributed by atoms with Crippen molar-refractivity contribution < 1.29 is 0 Å². The molecule has 2 rings (SSSR count). The molecule has 0 aliphatic heterocycles. The second kappa shape index (κ2) is 4.48. The second-order valence-corrected chi connectivity index (χ2v) is 3.93. The Morgan fingerprint density at radius 2 is 2.00 bits per heavy atom. The number of rotatable bonds is 1. The lowest BCUT2D eigenvalue weighted by Gasteiger charge is -2.08.